The molecule has 0 radical (unpaired) electrons. The molecule has 0 spiro atoms. The highest BCUT2D eigenvalue weighted by Crippen LogP contribution is 2.15. The lowest BCUT2D eigenvalue weighted by molar-refractivity contribution is -0.870. The standard InChI is InChI=1S/C19H32N2O2S/c1-19(2,12-15-24-14-9-13-21(3,4)5)20-18(22)23-16-17-10-7-6-8-11-17/h6-8,10-11H,9,12-16H2,1-5H3/p+1. The summed E-state index contributed by atoms with van der Waals surface area (Å²) in [6, 6.07) is 9.73. The average Bonchev–Trinajstić information content (AvgIpc) is 2.48. The van der Waals surface area contributed by atoms with Gasteiger partial charge in [0.25, 0.3) is 0 Å². The van der Waals surface area contributed by atoms with E-state index in [9.17, 15) is 4.79 Å². The van der Waals surface area contributed by atoms with Crippen LogP contribution in [0.1, 0.15) is 32.3 Å². The summed E-state index contributed by atoms with van der Waals surface area (Å²) in [5.74, 6) is 2.22. The molecule has 1 N–H and O–H groups in total. The normalized spacial score (nSPS) is 12.0. The first-order valence-electron chi connectivity index (χ1n) is 8.55. The maximum Gasteiger partial charge on any atom is 0.407 e. The van der Waals surface area contributed by atoms with Crippen molar-refractivity contribution in [3.05, 3.63) is 35.9 Å². The fraction of sp³-hybridized carbons (Fsp3) is 0.632. The largest absolute Gasteiger partial charge is 0.445 e. The van der Waals surface area contributed by atoms with Crippen molar-refractivity contribution in [2.24, 2.45) is 0 Å². The highest BCUT2D eigenvalue weighted by atomic mass is 32.2. The van der Waals surface area contributed by atoms with Crippen molar-refractivity contribution in [1.82, 2.24) is 5.32 Å². The molecule has 24 heavy (non-hydrogen) atoms. The number of amides is 1. The SMILES string of the molecule is CC(C)(CCSCCC[N+](C)(C)C)NC(=O)OCc1ccccc1. The van der Waals surface area contributed by atoms with E-state index < -0.39 is 0 Å². The first kappa shape index (κ1) is 20.8. The summed E-state index contributed by atoms with van der Waals surface area (Å²) in [6.45, 7) is 5.59. The van der Waals surface area contributed by atoms with Gasteiger partial charge in [0.15, 0.2) is 0 Å². The number of hydrogen-bond acceptors (Lipinski definition) is 3. The molecule has 4 nitrogen and oxygen atoms in total. The molecule has 0 atom stereocenters. The van der Waals surface area contributed by atoms with E-state index in [2.05, 4.69) is 26.5 Å². The van der Waals surface area contributed by atoms with Gasteiger partial charge >= 0.3 is 6.09 Å². The summed E-state index contributed by atoms with van der Waals surface area (Å²) < 4.78 is 6.30. The number of thioether (sulfide) groups is 1. The second kappa shape index (κ2) is 9.94. The molecule has 0 heterocycles. The molecule has 0 bridgehead atoms. The van der Waals surface area contributed by atoms with Gasteiger partial charge in [-0.05, 0) is 37.3 Å². The van der Waals surface area contributed by atoms with Crippen LogP contribution in [0.2, 0.25) is 0 Å². The summed E-state index contributed by atoms with van der Waals surface area (Å²) in [5.41, 5.74) is 0.749. The molecule has 136 valence electrons. The van der Waals surface area contributed by atoms with Crippen molar-refractivity contribution in [2.45, 2.75) is 38.8 Å². The minimum Gasteiger partial charge on any atom is -0.445 e. The number of alkyl carbamates (subject to hydrolysis) is 1. The Bertz CT molecular complexity index is 484. The van der Waals surface area contributed by atoms with Crippen molar-refractivity contribution in [1.29, 1.82) is 0 Å². The smallest absolute Gasteiger partial charge is 0.407 e. The van der Waals surface area contributed by atoms with Gasteiger partial charge in [-0.1, -0.05) is 30.3 Å². The van der Waals surface area contributed by atoms with Crippen LogP contribution in [-0.4, -0.2) is 55.3 Å². The second-order valence-corrected chi connectivity index (χ2v) is 9.03. The molecule has 0 aromatic heterocycles. The average molecular weight is 354 g/mol. The van der Waals surface area contributed by atoms with Crippen molar-refractivity contribution >= 4 is 17.9 Å². The molecular formula is C19H33N2O2S+. The van der Waals surface area contributed by atoms with Crippen LogP contribution < -0.4 is 5.32 Å². The Kier molecular flexibility index (Phi) is 8.63. The van der Waals surface area contributed by atoms with Crippen molar-refractivity contribution in [3.63, 3.8) is 0 Å². The Balaban J connectivity index is 2.17. The molecule has 1 amide bonds. The predicted molar refractivity (Wildman–Crippen MR) is 103 cm³/mol. The van der Waals surface area contributed by atoms with Crippen molar-refractivity contribution in [3.8, 4) is 0 Å². The first-order chi connectivity index (χ1) is 11.2. The molecule has 0 aliphatic carbocycles. The maximum atomic E-state index is 11.9. The quantitative estimate of drug-likeness (QED) is 0.512. The lowest BCUT2D eigenvalue weighted by Gasteiger charge is -2.26. The summed E-state index contributed by atoms with van der Waals surface area (Å²) >= 11 is 1.96. The van der Waals surface area contributed by atoms with Gasteiger partial charge in [0.2, 0.25) is 0 Å². The molecule has 0 saturated carbocycles. The Morgan fingerprint density at radius 2 is 1.83 bits per heavy atom. The van der Waals surface area contributed by atoms with Gasteiger partial charge in [-0.2, -0.15) is 11.8 Å². The van der Waals surface area contributed by atoms with E-state index in [0.29, 0.717) is 6.61 Å². The number of quaternary nitrogens is 1. The highest BCUT2D eigenvalue weighted by Gasteiger charge is 2.21. The third-order valence-corrected chi connectivity index (χ3v) is 4.71. The van der Waals surface area contributed by atoms with E-state index in [1.165, 1.54) is 18.7 Å². The van der Waals surface area contributed by atoms with Crippen LogP contribution in [0.15, 0.2) is 30.3 Å². The predicted octanol–water partition coefficient (Wildman–Crippen LogP) is 3.91. The molecule has 0 unspecified atom stereocenters. The number of nitrogens with zero attached hydrogens (tertiary/aromatic N) is 1. The van der Waals surface area contributed by atoms with Crippen LogP contribution in [0, 0.1) is 0 Å². The Morgan fingerprint density at radius 1 is 1.17 bits per heavy atom. The number of rotatable bonds is 10. The summed E-state index contributed by atoms with van der Waals surface area (Å²) in [6.07, 6.45) is 1.81. The summed E-state index contributed by atoms with van der Waals surface area (Å²) in [5, 5.41) is 2.96. The van der Waals surface area contributed by atoms with Gasteiger partial charge in [0.1, 0.15) is 6.61 Å². The molecule has 1 aromatic carbocycles. The molecular weight excluding hydrogens is 320 g/mol. The summed E-state index contributed by atoms with van der Waals surface area (Å²) in [7, 11) is 6.66. The number of nitrogens with one attached hydrogen (secondary N) is 1. The van der Waals surface area contributed by atoms with E-state index in [-0.39, 0.29) is 11.6 Å². The molecule has 0 aliphatic rings. The van der Waals surface area contributed by atoms with E-state index in [1.807, 2.05) is 55.9 Å². The third kappa shape index (κ3) is 10.6. The zero-order valence-corrected chi connectivity index (χ0v) is 16.6. The molecule has 0 saturated heterocycles. The van der Waals surface area contributed by atoms with Crippen LogP contribution in [0.3, 0.4) is 0 Å². The van der Waals surface area contributed by atoms with Gasteiger partial charge in [0.05, 0.1) is 27.7 Å². The van der Waals surface area contributed by atoms with E-state index >= 15 is 0 Å². The monoisotopic (exact) mass is 353 g/mol. The lowest BCUT2D eigenvalue weighted by atomic mass is 10.0. The third-order valence-electron chi connectivity index (χ3n) is 3.64. The number of hydrogen-bond donors (Lipinski definition) is 1. The summed E-state index contributed by atoms with van der Waals surface area (Å²) in [4.78, 5) is 11.9. The zero-order valence-electron chi connectivity index (χ0n) is 15.8. The van der Waals surface area contributed by atoms with Gasteiger partial charge in [0, 0.05) is 12.0 Å². The second-order valence-electron chi connectivity index (χ2n) is 7.80. The van der Waals surface area contributed by atoms with Gasteiger partial charge in [-0.15, -0.1) is 0 Å². The maximum absolute atomic E-state index is 11.9. The van der Waals surface area contributed by atoms with Gasteiger partial charge in [-0.25, -0.2) is 4.79 Å². The fourth-order valence-electron chi connectivity index (χ4n) is 2.17. The zero-order chi connectivity index (χ0) is 18.1. The van der Waals surface area contributed by atoms with E-state index in [4.69, 9.17) is 4.74 Å². The van der Waals surface area contributed by atoms with Crippen LogP contribution in [0.25, 0.3) is 0 Å². The van der Waals surface area contributed by atoms with Crippen LogP contribution in [0.5, 0.6) is 0 Å². The molecule has 5 heteroatoms. The van der Waals surface area contributed by atoms with Crippen LogP contribution in [-0.2, 0) is 11.3 Å². The van der Waals surface area contributed by atoms with Crippen LogP contribution >= 0.6 is 11.8 Å². The number of benzene rings is 1. The highest BCUT2D eigenvalue weighted by molar-refractivity contribution is 7.99. The molecule has 1 aromatic rings. The first-order valence-corrected chi connectivity index (χ1v) is 9.70. The van der Waals surface area contributed by atoms with Crippen LogP contribution in [0.4, 0.5) is 4.79 Å². The minimum absolute atomic E-state index is 0.249. The number of carbonyl (C=O) groups is 1. The van der Waals surface area contributed by atoms with E-state index in [1.54, 1.807) is 0 Å². The van der Waals surface area contributed by atoms with E-state index in [0.717, 1.165) is 22.2 Å². The molecule has 1 rings (SSSR count). The van der Waals surface area contributed by atoms with Gasteiger partial charge < -0.3 is 14.5 Å². The Labute approximate surface area is 151 Å². The Hall–Kier alpha value is -1.20. The molecule has 0 fully saturated rings. The van der Waals surface area contributed by atoms with Crippen molar-refractivity contribution < 1.29 is 14.0 Å². The van der Waals surface area contributed by atoms with Gasteiger partial charge in [-0.3, -0.25) is 0 Å². The van der Waals surface area contributed by atoms with Crippen molar-refractivity contribution in [2.75, 3.05) is 39.2 Å². The molecule has 0 aliphatic heterocycles. The minimum atomic E-state index is -0.348. The number of ether oxygens (including phenoxy) is 1. The Morgan fingerprint density at radius 3 is 2.46 bits per heavy atom. The number of carbonyl (C=O) groups excluding carboxylic acids is 1. The fourth-order valence-corrected chi connectivity index (χ4v) is 3.36. The lowest BCUT2D eigenvalue weighted by Crippen LogP contribution is -2.44. The topological polar surface area (TPSA) is 38.3 Å².